The van der Waals surface area contributed by atoms with Crippen molar-refractivity contribution in [2.45, 2.75) is 0 Å². The van der Waals surface area contributed by atoms with E-state index >= 15 is 0 Å². The van der Waals surface area contributed by atoms with Crippen molar-refractivity contribution >= 4 is 34.8 Å². The van der Waals surface area contributed by atoms with Crippen molar-refractivity contribution in [2.24, 2.45) is 0 Å². The van der Waals surface area contributed by atoms with E-state index in [0.717, 1.165) is 11.0 Å². The monoisotopic (exact) mass is 451 g/mol. The maximum atomic E-state index is 12.9. The fourth-order valence-corrected chi connectivity index (χ4v) is 2.83. The molecule has 2 aromatic rings. The number of nitro benzene ring substituents is 1. The van der Waals surface area contributed by atoms with Gasteiger partial charge in [0.25, 0.3) is 11.6 Å². The van der Waals surface area contributed by atoms with Crippen LogP contribution < -0.4 is 14.8 Å². The van der Waals surface area contributed by atoms with Gasteiger partial charge in [-0.15, -0.1) is 0 Å². The van der Waals surface area contributed by atoms with Gasteiger partial charge in [-0.3, -0.25) is 19.7 Å². The summed E-state index contributed by atoms with van der Waals surface area (Å²) >= 11 is 5.88. The molecular weight excluding hydrogens is 430 g/mol. The third-order valence-electron chi connectivity index (χ3n) is 4.09. The van der Waals surface area contributed by atoms with Crippen LogP contribution in [0.5, 0.6) is 11.5 Å². The summed E-state index contributed by atoms with van der Waals surface area (Å²) in [4.78, 5) is 37.0. The average Bonchev–Trinajstić information content (AvgIpc) is 2.72. The molecule has 0 aliphatic carbocycles. The summed E-state index contributed by atoms with van der Waals surface area (Å²) < 4.78 is 15.5. The van der Waals surface area contributed by atoms with Crippen LogP contribution in [0.3, 0.4) is 0 Å². The number of methoxy groups -OCH3 is 2. The van der Waals surface area contributed by atoms with Gasteiger partial charge in [-0.1, -0.05) is 17.7 Å². The van der Waals surface area contributed by atoms with Gasteiger partial charge in [-0.25, -0.2) is 0 Å². The lowest BCUT2D eigenvalue weighted by molar-refractivity contribution is -0.385. The molecule has 1 N–H and O–H groups in total. The Morgan fingerprint density at radius 2 is 1.90 bits per heavy atom. The minimum absolute atomic E-state index is 0.101. The largest absolute Gasteiger partial charge is 0.493 e. The molecule has 0 aromatic heterocycles. The molecular formula is C20H22ClN3O7. The third kappa shape index (κ3) is 6.56. The number of hydrogen-bond acceptors (Lipinski definition) is 7. The second-order valence-electron chi connectivity index (χ2n) is 6.34. The highest BCUT2D eigenvalue weighted by Crippen LogP contribution is 2.35. The van der Waals surface area contributed by atoms with Crippen LogP contribution >= 0.6 is 11.6 Å². The Bertz CT molecular complexity index is 968. The van der Waals surface area contributed by atoms with Crippen molar-refractivity contribution in [3.63, 3.8) is 0 Å². The Labute approximate surface area is 183 Å². The number of nitrogens with one attached hydrogen (secondary N) is 1. The van der Waals surface area contributed by atoms with Gasteiger partial charge in [-0.05, 0) is 18.2 Å². The van der Waals surface area contributed by atoms with E-state index < -0.39 is 22.4 Å². The number of rotatable bonds is 10. The van der Waals surface area contributed by atoms with Gasteiger partial charge >= 0.3 is 0 Å². The topological polar surface area (TPSA) is 120 Å². The van der Waals surface area contributed by atoms with Crippen molar-refractivity contribution < 1.29 is 28.7 Å². The third-order valence-corrected chi connectivity index (χ3v) is 4.33. The summed E-state index contributed by atoms with van der Waals surface area (Å²) in [6, 6.07) is 8.85. The van der Waals surface area contributed by atoms with E-state index in [2.05, 4.69) is 5.32 Å². The van der Waals surface area contributed by atoms with Gasteiger partial charge in [0.05, 0.1) is 31.3 Å². The predicted molar refractivity (Wildman–Crippen MR) is 114 cm³/mol. The zero-order valence-corrected chi connectivity index (χ0v) is 18.0. The van der Waals surface area contributed by atoms with Crippen molar-refractivity contribution in [1.29, 1.82) is 0 Å². The normalized spacial score (nSPS) is 10.3. The van der Waals surface area contributed by atoms with Gasteiger partial charge < -0.3 is 24.4 Å². The first-order valence-corrected chi connectivity index (χ1v) is 9.43. The molecule has 0 aliphatic rings. The maximum absolute atomic E-state index is 12.9. The van der Waals surface area contributed by atoms with E-state index in [1.807, 2.05) is 0 Å². The number of hydrogen-bond donors (Lipinski definition) is 1. The first-order valence-electron chi connectivity index (χ1n) is 9.05. The minimum Gasteiger partial charge on any atom is -0.493 e. The van der Waals surface area contributed by atoms with Crippen LogP contribution in [0.4, 0.5) is 11.4 Å². The molecule has 0 heterocycles. The lowest BCUT2D eigenvalue weighted by Gasteiger charge is -2.18. The zero-order chi connectivity index (χ0) is 23.0. The van der Waals surface area contributed by atoms with Crippen LogP contribution in [0.2, 0.25) is 5.02 Å². The average molecular weight is 452 g/mol. The van der Waals surface area contributed by atoms with E-state index in [9.17, 15) is 19.7 Å². The van der Waals surface area contributed by atoms with E-state index in [1.54, 1.807) is 24.3 Å². The standard InChI is InChI=1S/C20H22ClN3O7/c1-23(12-19(25)22-14-6-4-5-13(21)9-14)20(26)15-10-17(30-3)18(31-8-7-29-2)11-16(15)24(27)28/h4-6,9-11H,7-8,12H2,1-3H3,(H,22,25). The van der Waals surface area contributed by atoms with Crippen LogP contribution in [0.25, 0.3) is 0 Å². The molecule has 2 amide bonds. The van der Waals surface area contributed by atoms with Gasteiger partial charge in [-0.2, -0.15) is 0 Å². The molecule has 0 bridgehead atoms. The summed E-state index contributed by atoms with van der Waals surface area (Å²) in [6.07, 6.45) is 0. The van der Waals surface area contributed by atoms with Crippen LogP contribution in [0, 0.1) is 10.1 Å². The Morgan fingerprint density at radius 1 is 1.16 bits per heavy atom. The molecule has 0 saturated heterocycles. The molecule has 10 nitrogen and oxygen atoms in total. The summed E-state index contributed by atoms with van der Waals surface area (Å²) in [6.45, 7) is 0.0693. The summed E-state index contributed by atoms with van der Waals surface area (Å²) in [5.41, 5.74) is -0.247. The van der Waals surface area contributed by atoms with E-state index in [0.29, 0.717) is 10.7 Å². The quantitative estimate of drug-likeness (QED) is 0.335. The maximum Gasteiger partial charge on any atom is 0.286 e. The summed E-state index contributed by atoms with van der Waals surface area (Å²) in [5, 5.41) is 14.6. The molecule has 0 fully saturated rings. The number of halogens is 1. The highest BCUT2D eigenvalue weighted by molar-refractivity contribution is 6.30. The van der Waals surface area contributed by atoms with Crippen LogP contribution in [0.1, 0.15) is 10.4 Å². The molecule has 11 heteroatoms. The number of carbonyl (C=O) groups is 2. The van der Waals surface area contributed by atoms with E-state index in [-0.39, 0.29) is 36.8 Å². The van der Waals surface area contributed by atoms with Gasteiger partial charge in [0, 0.05) is 30.9 Å². The Balaban J connectivity index is 2.21. The first-order chi connectivity index (χ1) is 14.8. The van der Waals surface area contributed by atoms with Gasteiger partial charge in [0.1, 0.15) is 12.2 Å². The van der Waals surface area contributed by atoms with Crippen molar-refractivity contribution in [3.8, 4) is 11.5 Å². The van der Waals surface area contributed by atoms with Crippen LogP contribution in [0.15, 0.2) is 36.4 Å². The fourth-order valence-electron chi connectivity index (χ4n) is 2.64. The lowest BCUT2D eigenvalue weighted by atomic mass is 10.1. The molecule has 2 rings (SSSR count). The minimum atomic E-state index is -0.727. The Hall–Kier alpha value is -3.37. The van der Waals surface area contributed by atoms with Gasteiger partial charge in [0.15, 0.2) is 11.5 Å². The number of benzene rings is 2. The van der Waals surface area contributed by atoms with Crippen molar-refractivity contribution in [2.75, 3.05) is 46.3 Å². The zero-order valence-electron chi connectivity index (χ0n) is 17.2. The molecule has 0 unspecified atom stereocenters. The number of anilines is 1. The number of likely N-dealkylation sites (N-methyl/N-ethyl adjacent to an activating group) is 1. The number of nitro groups is 1. The predicted octanol–water partition coefficient (Wildman–Crippen LogP) is 2.99. The van der Waals surface area contributed by atoms with Crippen molar-refractivity contribution in [3.05, 3.63) is 57.1 Å². The number of ether oxygens (including phenoxy) is 3. The number of nitrogens with zero attached hydrogens (tertiary/aromatic N) is 2. The number of amides is 2. The SMILES string of the molecule is COCCOc1cc([N+](=O)[O-])c(C(=O)N(C)CC(=O)Nc2cccc(Cl)c2)cc1OC. The van der Waals surface area contributed by atoms with Gasteiger partial charge in [0.2, 0.25) is 5.91 Å². The van der Waals surface area contributed by atoms with E-state index in [1.165, 1.54) is 27.3 Å². The van der Waals surface area contributed by atoms with Crippen molar-refractivity contribution in [1.82, 2.24) is 4.90 Å². The highest BCUT2D eigenvalue weighted by atomic mass is 35.5. The highest BCUT2D eigenvalue weighted by Gasteiger charge is 2.27. The Morgan fingerprint density at radius 3 is 2.52 bits per heavy atom. The lowest BCUT2D eigenvalue weighted by Crippen LogP contribution is -2.35. The molecule has 166 valence electrons. The smallest absolute Gasteiger partial charge is 0.286 e. The first kappa shape index (κ1) is 23.9. The fraction of sp³-hybridized carbons (Fsp3) is 0.300. The molecule has 2 aromatic carbocycles. The Kier molecular flexibility index (Phi) is 8.59. The second kappa shape index (κ2) is 11.1. The molecule has 0 spiro atoms. The van der Waals surface area contributed by atoms with Crippen LogP contribution in [-0.4, -0.2) is 62.7 Å². The molecule has 0 atom stereocenters. The molecule has 0 saturated carbocycles. The summed E-state index contributed by atoms with van der Waals surface area (Å²) in [5.74, 6) is -0.979. The second-order valence-corrected chi connectivity index (χ2v) is 6.77. The van der Waals surface area contributed by atoms with Crippen LogP contribution in [-0.2, 0) is 9.53 Å². The number of carbonyl (C=O) groups excluding carboxylic acids is 2. The molecule has 0 radical (unpaired) electrons. The summed E-state index contributed by atoms with van der Waals surface area (Å²) in [7, 11) is 4.20. The molecule has 31 heavy (non-hydrogen) atoms. The molecule has 0 aliphatic heterocycles. The van der Waals surface area contributed by atoms with E-state index in [4.69, 9.17) is 25.8 Å².